The lowest BCUT2D eigenvalue weighted by molar-refractivity contribution is -0.837. The van der Waals surface area contributed by atoms with E-state index in [1.165, 1.54) is 64.2 Å². The SMILES string of the molecule is CCCCCCCCCCCCCC(N)=O.CC[N+](C)(C)[O-]. The van der Waals surface area contributed by atoms with E-state index in [1.54, 1.807) is 14.1 Å². The lowest BCUT2D eigenvalue weighted by Gasteiger charge is -2.31. The maximum atomic E-state index is 10.5. The maximum absolute atomic E-state index is 10.5. The van der Waals surface area contributed by atoms with Crippen molar-refractivity contribution in [2.75, 3.05) is 20.6 Å². The lowest BCUT2D eigenvalue weighted by Crippen LogP contribution is -2.31. The van der Waals surface area contributed by atoms with E-state index in [4.69, 9.17) is 5.73 Å². The molecule has 0 saturated carbocycles. The average molecular weight is 317 g/mol. The van der Waals surface area contributed by atoms with E-state index in [-0.39, 0.29) is 10.6 Å². The molecule has 0 heterocycles. The summed E-state index contributed by atoms with van der Waals surface area (Å²) in [7, 11) is 3.25. The number of unbranched alkanes of at least 4 members (excludes halogenated alkanes) is 10. The summed E-state index contributed by atoms with van der Waals surface area (Å²) in [5.41, 5.74) is 5.07. The van der Waals surface area contributed by atoms with Crippen LogP contribution in [0.15, 0.2) is 0 Å². The first-order chi connectivity index (χ1) is 10.3. The Labute approximate surface area is 138 Å². The molecule has 0 aromatic rings. The van der Waals surface area contributed by atoms with Crippen LogP contribution in [0.4, 0.5) is 0 Å². The molecule has 4 heteroatoms. The first kappa shape index (κ1) is 23.7. The van der Waals surface area contributed by atoms with Crippen LogP contribution in [0.25, 0.3) is 0 Å². The highest BCUT2D eigenvalue weighted by molar-refractivity contribution is 5.73. The van der Waals surface area contributed by atoms with E-state index >= 15 is 0 Å². The van der Waals surface area contributed by atoms with Crippen LogP contribution >= 0.6 is 0 Å². The van der Waals surface area contributed by atoms with Crippen LogP contribution in [-0.2, 0) is 4.79 Å². The molecule has 134 valence electrons. The number of amides is 1. The molecule has 0 aliphatic carbocycles. The van der Waals surface area contributed by atoms with Gasteiger partial charge in [0, 0.05) is 6.42 Å². The Kier molecular flexibility index (Phi) is 18.0. The third kappa shape index (κ3) is 27.7. The van der Waals surface area contributed by atoms with Crippen LogP contribution in [0.5, 0.6) is 0 Å². The van der Waals surface area contributed by atoms with E-state index in [1.807, 2.05) is 6.92 Å². The van der Waals surface area contributed by atoms with Gasteiger partial charge in [-0.1, -0.05) is 71.1 Å². The lowest BCUT2D eigenvalue weighted by atomic mass is 10.1. The molecule has 4 nitrogen and oxygen atoms in total. The second-order valence-corrected chi connectivity index (χ2v) is 6.64. The molecule has 0 fully saturated rings. The number of nitrogens with zero attached hydrogens (tertiary/aromatic N) is 1. The van der Waals surface area contributed by atoms with Gasteiger partial charge in [-0.15, -0.1) is 0 Å². The second-order valence-electron chi connectivity index (χ2n) is 6.64. The van der Waals surface area contributed by atoms with Crippen molar-refractivity contribution in [3.8, 4) is 0 Å². The number of quaternary nitrogens is 1. The topological polar surface area (TPSA) is 66.2 Å². The Bertz CT molecular complexity index is 238. The highest BCUT2D eigenvalue weighted by Gasteiger charge is 1.95. The van der Waals surface area contributed by atoms with Crippen molar-refractivity contribution in [1.29, 1.82) is 0 Å². The van der Waals surface area contributed by atoms with Gasteiger partial charge >= 0.3 is 0 Å². The van der Waals surface area contributed by atoms with Crippen LogP contribution in [0.2, 0.25) is 0 Å². The molecule has 0 atom stereocenters. The Morgan fingerprint density at radius 2 is 1.14 bits per heavy atom. The van der Waals surface area contributed by atoms with Gasteiger partial charge in [0.1, 0.15) is 0 Å². The minimum Gasteiger partial charge on any atom is -0.633 e. The smallest absolute Gasteiger partial charge is 0.217 e. The number of nitrogens with two attached hydrogens (primary N) is 1. The van der Waals surface area contributed by atoms with Crippen molar-refractivity contribution in [3.63, 3.8) is 0 Å². The monoisotopic (exact) mass is 316 g/mol. The minimum atomic E-state index is -0.181. The normalized spacial score (nSPS) is 11.0. The minimum absolute atomic E-state index is 0.157. The summed E-state index contributed by atoms with van der Waals surface area (Å²) >= 11 is 0. The van der Waals surface area contributed by atoms with E-state index < -0.39 is 0 Å². The highest BCUT2D eigenvalue weighted by atomic mass is 16.5. The molecule has 0 aliphatic rings. The van der Waals surface area contributed by atoms with E-state index in [9.17, 15) is 10.0 Å². The Hall–Kier alpha value is -0.610. The Morgan fingerprint density at radius 3 is 1.41 bits per heavy atom. The number of rotatable bonds is 13. The zero-order chi connectivity index (χ0) is 17.3. The molecule has 0 aromatic carbocycles. The van der Waals surface area contributed by atoms with Crippen LogP contribution < -0.4 is 5.73 Å². The number of carbonyl (C=O) groups excluding carboxylic acids is 1. The fraction of sp³-hybridized carbons (Fsp3) is 0.944. The van der Waals surface area contributed by atoms with Crippen molar-refractivity contribution >= 4 is 5.91 Å². The highest BCUT2D eigenvalue weighted by Crippen LogP contribution is 2.11. The van der Waals surface area contributed by atoms with Crippen molar-refractivity contribution in [2.45, 2.75) is 90.9 Å². The van der Waals surface area contributed by atoms with Gasteiger partial charge in [-0.25, -0.2) is 0 Å². The van der Waals surface area contributed by atoms with Crippen molar-refractivity contribution in [3.05, 3.63) is 5.21 Å². The molecule has 0 aromatic heterocycles. The van der Waals surface area contributed by atoms with Gasteiger partial charge in [-0.2, -0.15) is 0 Å². The quantitative estimate of drug-likeness (QED) is 0.302. The molecule has 22 heavy (non-hydrogen) atoms. The van der Waals surface area contributed by atoms with Gasteiger partial charge in [0.15, 0.2) is 0 Å². The molecule has 0 spiro atoms. The van der Waals surface area contributed by atoms with E-state index in [0.717, 1.165) is 6.42 Å². The summed E-state index contributed by atoms with van der Waals surface area (Å²) in [5, 5.41) is 10.4. The number of hydrogen-bond acceptors (Lipinski definition) is 2. The second kappa shape index (κ2) is 16.8. The van der Waals surface area contributed by atoms with Gasteiger partial charge in [-0.05, 0) is 13.3 Å². The first-order valence-corrected chi connectivity index (χ1v) is 9.15. The molecular formula is C18H40N2O2. The maximum Gasteiger partial charge on any atom is 0.217 e. The van der Waals surface area contributed by atoms with E-state index in [0.29, 0.717) is 13.0 Å². The summed E-state index contributed by atoms with van der Waals surface area (Å²) in [5.74, 6) is -0.157. The summed E-state index contributed by atoms with van der Waals surface area (Å²) in [6.45, 7) is 4.78. The molecule has 0 radical (unpaired) electrons. The zero-order valence-electron chi connectivity index (χ0n) is 15.5. The fourth-order valence-corrected chi connectivity index (χ4v) is 1.96. The molecule has 2 N–H and O–H groups in total. The van der Waals surface area contributed by atoms with Crippen LogP contribution in [0.3, 0.4) is 0 Å². The van der Waals surface area contributed by atoms with E-state index in [2.05, 4.69) is 6.92 Å². The van der Waals surface area contributed by atoms with Crippen molar-refractivity contribution in [1.82, 2.24) is 0 Å². The standard InChI is InChI=1S/C14H29NO.C4H11NO/c1-2-3-4-5-6-7-8-9-10-11-12-13-14(15)16;1-4-5(2,3)6/h2-13H2,1H3,(H2,15,16);4H2,1-3H3. The molecule has 0 saturated heterocycles. The number of primary amides is 1. The fourth-order valence-electron chi connectivity index (χ4n) is 1.96. The molecule has 0 unspecified atom stereocenters. The first-order valence-electron chi connectivity index (χ1n) is 9.15. The number of hydrogen-bond donors (Lipinski definition) is 1. The molecule has 0 rings (SSSR count). The largest absolute Gasteiger partial charge is 0.633 e. The van der Waals surface area contributed by atoms with Crippen molar-refractivity contribution < 1.29 is 9.44 Å². The Balaban J connectivity index is 0. The third-order valence-corrected chi connectivity index (χ3v) is 3.79. The summed E-state index contributed by atoms with van der Waals surface area (Å²) in [4.78, 5) is 10.5. The summed E-state index contributed by atoms with van der Waals surface area (Å²) in [6.07, 6.45) is 15.0. The van der Waals surface area contributed by atoms with Gasteiger partial charge in [0.25, 0.3) is 0 Å². The number of carbonyl (C=O) groups is 1. The zero-order valence-corrected chi connectivity index (χ0v) is 15.5. The Morgan fingerprint density at radius 1 is 0.818 bits per heavy atom. The van der Waals surface area contributed by atoms with Crippen LogP contribution in [0, 0.1) is 5.21 Å². The molecule has 1 amide bonds. The predicted molar refractivity (Wildman–Crippen MR) is 96.3 cm³/mol. The third-order valence-electron chi connectivity index (χ3n) is 3.79. The molecule has 0 bridgehead atoms. The molecular weight excluding hydrogens is 276 g/mol. The summed E-state index contributed by atoms with van der Waals surface area (Å²) < 4.78 is -0.181. The van der Waals surface area contributed by atoms with Gasteiger partial charge in [0.2, 0.25) is 5.91 Å². The number of hydroxylamine groups is 3. The van der Waals surface area contributed by atoms with Gasteiger partial charge < -0.3 is 15.6 Å². The summed E-state index contributed by atoms with van der Waals surface area (Å²) in [6, 6.07) is 0. The van der Waals surface area contributed by atoms with Crippen molar-refractivity contribution in [2.24, 2.45) is 5.73 Å². The van der Waals surface area contributed by atoms with Crippen LogP contribution in [0.1, 0.15) is 90.9 Å². The van der Waals surface area contributed by atoms with Gasteiger partial charge in [-0.3, -0.25) is 4.79 Å². The average Bonchev–Trinajstić information content (AvgIpc) is 2.44. The molecule has 0 aliphatic heterocycles. The van der Waals surface area contributed by atoms with Gasteiger partial charge in [0.05, 0.1) is 20.6 Å². The predicted octanol–water partition coefficient (Wildman–Crippen LogP) is 4.75. The van der Waals surface area contributed by atoms with Crippen LogP contribution in [-0.4, -0.2) is 31.2 Å².